The third-order valence-electron chi connectivity index (χ3n) is 3.34. The Balaban J connectivity index is 2.57. The van der Waals surface area contributed by atoms with Gasteiger partial charge in [0.25, 0.3) is 0 Å². The highest BCUT2D eigenvalue weighted by Gasteiger charge is 2.22. The van der Waals surface area contributed by atoms with E-state index in [1.54, 1.807) is 31.4 Å². The second kappa shape index (κ2) is 7.82. The predicted octanol–water partition coefficient (Wildman–Crippen LogP) is 2.63. The van der Waals surface area contributed by atoms with Gasteiger partial charge in [-0.3, -0.25) is 4.79 Å². The van der Waals surface area contributed by atoms with Gasteiger partial charge in [0.2, 0.25) is 5.91 Å². The second-order valence-corrected chi connectivity index (χ2v) is 6.58. The minimum absolute atomic E-state index is 0.0361. The van der Waals surface area contributed by atoms with E-state index in [4.69, 9.17) is 4.74 Å². The Bertz CT molecular complexity index is 502. The molecule has 0 radical (unpaired) electrons. The van der Waals surface area contributed by atoms with Crippen molar-refractivity contribution in [1.82, 2.24) is 5.32 Å². The Morgan fingerprint density at radius 3 is 2.27 bits per heavy atom. The molecule has 1 atom stereocenters. The van der Waals surface area contributed by atoms with E-state index in [-0.39, 0.29) is 17.7 Å². The molecule has 5 nitrogen and oxygen atoms in total. The number of carbonyl (C=O) groups is 2. The van der Waals surface area contributed by atoms with Crippen molar-refractivity contribution in [2.24, 2.45) is 5.41 Å². The van der Waals surface area contributed by atoms with Crippen LogP contribution in [0, 0.1) is 5.41 Å². The number of amides is 1. The first-order valence-corrected chi connectivity index (χ1v) is 7.36. The van der Waals surface area contributed by atoms with Crippen LogP contribution in [0.5, 0.6) is 5.75 Å². The van der Waals surface area contributed by atoms with Crippen LogP contribution in [-0.4, -0.2) is 30.1 Å². The molecule has 2 N–H and O–H groups in total. The summed E-state index contributed by atoms with van der Waals surface area (Å²) in [6.07, 6.45) is 1.31. The maximum atomic E-state index is 12.0. The average molecular weight is 307 g/mol. The fourth-order valence-corrected chi connectivity index (χ4v) is 2.01. The van der Waals surface area contributed by atoms with E-state index in [0.29, 0.717) is 6.42 Å². The van der Waals surface area contributed by atoms with Gasteiger partial charge in [-0.25, -0.2) is 4.79 Å². The van der Waals surface area contributed by atoms with Crippen LogP contribution in [-0.2, 0) is 16.0 Å². The summed E-state index contributed by atoms with van der Waals surface area (Å²) in [5.74, 6) is -0.559. The van der Waals surface area contributed by atoms with Gasteiger partial charge in [-0.05, 0) is 36.0 Å². The van der Waals surface area contributed by atoms with Crippen molar-refractivity contribution in [3.63, 3.8) is 0 Å². The summed E-state index contributed by atoms with van der Waals surface area (Å²) >= 11 is 0. The number of carboxylic acid groups (broad SMARTS) is 1. The molecule has 0 saturated carbocycles. The van der Waals surface area contributed by atoms with Gasteiger partial charge in [-0.15, -0.1) is 0 Å². The summed E-state index contributed by atoms with van der Waals surface area (Å²) < 4.78 is 5.06. The molecule has 0 aliphatic carbocycles. The Kier molecular flexibility index (Phi) is 6.40. The molecule has 5 heteroatoms. The van der Waals surface area contributed by atoms with Gasteiger partial charge in [-0.2, -0.15) is 0 Å². The number of rotatable bonds is 7. The Labute approximate surface area is 131 Å². The highest BCUT2D eigenvalue weighted by atomic mass is 16.5. The maximum Gasteiger partial charge on any atom is 0.326 e. The number of hydrogen-bond donors (Lipinski definition) is 2. The van der Waals surface area contributed by atoms with Crippen molar-refractivity contribution < 1.29 is 19.4 Å². The number of hydrogen-bond acceptors (Lipinski definition) is 3. The Morgan fingerprint density at radius 2 is 1.82 bits per heavy atom. The number of benzene rings is 1. The molecule has 1 amide bonds. The molecular formula is C17H25NO4. The van der Waals surface area contributed by atoms with Crippen molar-refractivity contribution in [3.05, 3.63) is 29.8 Å². The van der Waals surface area contributed by atoms with E-state index in [2.05, 4.69) is 5.32 Å². The average Bonchev–Trinajstić information content (AvgIpc) is 2.43. The van der Waals surface area contributed by atoms with Gasteiger partial charge in [0.05, 0.1) is 13.5 Å². The molecule has 122 valence electrons. The van der Waals surface area contributed by atoms with E-state index in [9.17, 15) is 14.7 Å². The van der Waals surface area contributed by atoms with Crippen molar-refractivity contribution >= 4 is 11.9 Å². The minimum atomic E-state index is -0.993. The molecule has 0 fully saturated rings. The molecule has 0 aliphatic rings. The summed E-state index contributed by atoms with van der Waals surface area (Å²) in [4.78, 5) is 23.3. The third-order valence-corrected chi connectivity index (χ3v) is 3.34. The molecular weight excluding hydrogens is 282 g/mol. The minimum Gasteiger partial charge on any atom is -0.497 e. The molecule has 0 spiro atoms. The first-order valence-electron chi connectivity index (χ1n) is 7.36. The smallest absolute Gasteiger partial charge is 0.326 e. The van der Waals surface area contributed by atoms with Crippen LogP contribution in [0.25, 0.3) is 0 Å². The lowest BCUT2D eigenvalue weighted by molar-refractivity contribution is -0.142. The van der Waals surface area contributed by atoms with Crippen molar-refractivity contribution in [1.29, 1.82) is 0 Å². The molecule has 0 bridgehead atoms. The summed E-state index contributed by atoms with van der Waals surface area (Å²) in [7, 11) is 1.58. The first kappa shape index (κ1) is 18.0. The summed E-state index contributed by atoms with van der Waals surface area (Å²) in [6, 6.07) is 6.30. The van der Waals surface area contributed by atoms with Crippen molar-refractivity contribution in [2.45, 2.75) is 46.1 Å². The zero-order valence-electron chi connectivity index (χ0n) is 13.7. The fraction of sp³-hybridized carbons (Fsp3) is 0.529. The SMILES string of the molecule is COc1ccc(CC(=O)NC(CCC(C)(C)C)C(=O)O)cc1. The van der Waals surface area contributed by atoms with Crippen LogP contribution in [0.15, 0.2) is 24.3 Å². The lowest BCUT2D eigenvalue weighted by Gasteiger charge is -2.21. The molecule has 0 aliphatic heterocycles. The summed E-state index contributed by atoms with van der Waals surface area (Å²) in [5.41, 5.74) is 0.854. The monoisotopic (exact) mass is 307 g/mol. The highest BCUT2D eigenvalue weighted by Crippen LogP contribution is 2.21. The summed E-state index contributed by atoms with van der Waals surface area (Å²) in [5, 5.41) is 11.8. The molecule has 22 heavy (non-hydrogen) atoms. The molecule has 1 aromatic rings. The molecule has 0 aromatic heterocycles. The summed E-state index contributed by atoms with van der Waals surface area (Å²) in [6.45, 7) is 6.14. The standard InChI is InChI=1S/C17H25NO4/c1-17(2,3)10-9-14(16(20)21)18-15(19)11-12-5-7-13(22-4)8-6-12/h5-8,14H,9-11H2,1-4H3,(H,18,19)(H,20,21). The van der Waals surface area contributed by atoms with Gasteiger partial charge in [0, 0.05) is 0 Å². The fourth-order valence-electron chi connectivity index (χ4n) is 2.01. The first-order chi connectivity index (χ1) is 10.2. The number of ether oxygens (including phenoxy) is 1. The van der Waals surface area contributed by atoms with Crippen molar-refractivity contribution in [3.8, 4) is 5.75 Å². The third kappa shape index (κ3) is 6.61. The van der Waals surface area contributed by atoms with Crippen LogP contribution in [0.3, 0.4) is 0 Å². The zero-order valence-corrected chi connectivity index (χ0v) is 13.7. The van der Waals surface area contributed by atoms with E-state index in [0.717, 1.165) is 17.7 Å². The number of methoxy groups -OCH3 is 1. The molecule has 0 heterocycles. The van der Waals surface area contributed by atoms with Crippen LogP contribution < -0.4 is 10.1 Å². The number of carbonyl (C=O) groups excluding carboxylic acids is 1. The maximum absolute atomic E-state index is 12.0. The van der Waals surface area contributed by atoms with Gasteiger partial charge in [0.1, 0.15) is 11.8 Å². The van der Waals surface area contributed by atoms with Crippen LogP contribution >= 0.6 is 0 Å². The number of carboxylic acids is 1. The van der Waals surface area contributed by atoms with Gasteiger partial charge in [-0.1, -0.05) is 32.9 Å². The van der Waals surface area contributed by atoms with E-state index in [1.807, 2.05) is 20.8 Å². The van der Waals surface area contributed by atoms with E-state index >= 15 is 0 Å². The largest absolute Gasteiger partial charge is 0.497 e. The highest BCUT2D eigenvalue weighted by molar-refractivity contribution is 5.84. The van der Waals surface area contributed by atoms with Crippen LogP contribution in [0.2, 0.25) is 0 Å². The van der Waals surface area contributed by atoms with Crippen molar-refractivity contribution in [2.75, 3.05) is 7.11 Å². The number of nitrogens with one attached hydrogen (secondary N) is 1. The topological polar surface area (TPSA) is 75.6 Å². The Hall–Kier alpha value is -2.04. The predicted molar refractivity (Wildman–Crippen MR) is 85.0 cm³/mol. The second-order valence-electron chi connectivity index (χ2n) is 6.58. The van der Waals surface area contributed by atoms with Crippen LogP contribution in [0.4, 0.5) is 0 Å². The van der Waals surface area contributed by atoms with E-state index < -0.39 is 12.0 Å². The van der Waals surface area contributed by atoms with Gasteiger partial charge in [0.15, 0.2) is 0 Å². The number of aliphatic carboxylic acids is 1. The Morgan fingerprint density at radius 1 is 1.23 bits per heavy atom. The molecule has 0 saturated heterocycles. The van der Waals surface area contributed by atoms with Gasteiger partial charge < -0.3 is 15.2 Å². The molecule has 1 unspecified atom stereocenters. The molecule has 1 aromatic carbocycles. The zero-order chi connectivity index (χ0) is 16.8. The van der Waals surface area contributed by atoms with Crippen LogP contribution in [0.1, 0.15) is 39.2 Å². The van der Waals surface area contributed by atoms with E-state index in [1.165, 1.54) is 0 Å². The van der Waals surface area contributed by atoms with Gasteiger partial charge >= 0.3 is 5.97 Å². The normalized spacial score (nSPS) is 12.5. The lowest BCUT2D eigenvalue weighted by atomic mass is 9.88. The molecule has 1 rings (SSSR count). The lowest BCUT2D eigenvalue weighted by Crippen LogP contribution is -2.42. The quantitative estimate of drug-likeness (QED) is 0.812.